The summed E-state index contributed by atoms with van der Waals surface area (Å²) in [7, 11) is 0. The van der Waals surface area contributed by atoms with Gasteiger partial charge >= 0.3 is 0 Å². The number of amides is 1. The molecule has 7 heteroatoms. The molecule has 0 radical (unpaired) electrons. The molecule has 3 aromatic rings. The molecule has 1 aromatic heterocycles. The quantitative estimate of drug-likeness (QED) is 0.578. The summed E-state index contributed by atoms with van der Waals surface area (Å²) in [5.41, 5.74) is 4.81. The van der Waals surface area contributed by atoms with Crippen LogP contribution in [0, 0.1) is 17.2 Å². The van der Waals surface area contributed by atoms with Gasteiger partial charge in [0.15, 0.2) is 0 Å². The van der Waals surface area contributed by atoms with Crippen molar-refractivity contribution < 1.29 is 9.53 Å². The highest BCUT2D eigenvalue weighted by Crippen LogP contribution is 2.38. The number of carbonyl (C=O) groups excluding carboxylic acids is 1. The van der Waals surface area contributed by atoms with Crippen LogP contribution in [0.2, 0.25) is 0 Å². The number of anilines is 1. The lowest BCUT2D eigenvalue weighted by atomic mass is 9.92. The van der Waals surface area contributed by atoms with E-state index in [0.717, 1.165) is 72.2 Å². The molecule has 0 bridgehead atoms. The molecule has 2 N–H and O–H groups in total. The van der Waals surface area contributed by atoms with Gasteiger partial charge in [0.05, 0.1) is 30.2 Å². The molecule has 2 fully saturated rings. The lowest BCUT2D eigenvalue weighted by Crippen LogP contribution is -2.48. The fraction of sp³-hybridized carbons (Fsp3) is 0.444. The number of aromatic amines is 1. The molecular formula is C27H31N5O2. The van der Waals surface area contributed by atoms with Gasteiger partial charge in [-0.3, -0.25) is 9.89 Å². The summed E-state index contributed by atoms with van der Waals surface area (Å²) in [5, 5.41) is 21.6. The average molecular weight is 458 g/mol. The highest BCUT2D eigenvalue weighted by molar-refractivity contribution is 5.98. The molecule has 0 aliphatic carbocycles. The summed E-state index contributed by atoms with van der Waals surface area (Å²) < 4.78 is 6.10. The van der Waals surface area contributed by atoms with E-state index in [1.54, 1.807) is 0 Å². The SMILES string of the molecule is CCC(=O)N(c1cccc(-c2n[nH]c3cccc(C4CCC(C#N)CO4)c23)c1)C1CCCNC1. The normalized spacial score (nSPS) is 22.9. The van der Waals surface area contributed by atoms with Crippen molar-refractivity contribution in [1.82, 2.24) is 15.5 Å². The number of nitriles is 1. The van der Waals surface area contributed by atoms with Gasteiger partial charge in [0.1, 0.15) is 5.69 Å². The molecule has 2 aliphatic rings. The molecule has 176 valence electrons. The molecular weight excluding hydrogens is 426 g/mol. The number of piperidine rings is 1. The Bertz CT molecular complexity index is 1200. The summed E-state index contributed by atoms with van der Waals surface area (Å²) in [6.45, 7) is 4.20. The van der Waals surface area contributed by atoms with Gasteiger partial charge in [-0.2, -0.15) is 10.4 Å². The Morgan fingerprint density at radius 3 is 2.85 bits per heavy atom. The van der Waals surface area contributed by atoms with Crippen molar-refractivity contribution in [2.45, 2.75) is 51.2 Å². The van der Waals surface area contributed by atoms with Crippen LogP contribution in [0.15, 0.2) is 42.5 Å². The van der Waals surface area contributed by atoms with Gasteiger partial charge in [0.2, 0.25) is 5.91 Å². The van der Waals surface area contributed by atoms with E-state index in [1.165, 1.54) is 0 Å². The Kier molecular flexibility index (Phi) is 6.61. The van der Waals surface area contributed by atoms with Gasteiger partial charge in [0, 0.05) is 35.6 Å². The summed E-state index contributed by atoms with van der Waals surface area (Å²) in [6, 6.07) is 16.8. The number of ether oxygens (including phenoxy) is 1. The Balaban J connectivity index is 1.53. The number of aromatic nitrogens is 2. The van der Waals surface area contributed by atoms with Crippen molar-refractivity contribution in [3.8, 4) is 17.3 Å². The minimum atomic E-state index is -0.0562. The predicted octanol–water partition coefficient (Wildman–Crippen LogP) is 4.72. The Morgan fingerprint density at radius 2 is 2.12 bits per heavy atom. The molecule has 0 saturated carbocycles. The van der Waals surface area contributed by atoms with Crippen LogP contribution < -0.4 is 10.2 Å². The summed E-state index contributed by atoms with van der Waals surface area (Å²) in [6.07, 6.45) is 4.14. The monoisotopic (exact) mass is 457 g/mol. The van der Waals surface area contributed by atoms with Crippen LogP contribution in [0.25, 0.3) is 22.2 Å². The van der Waals surface area contributed by atoms with Crippen LogP contribution in [-0.2, 0) is 9.53 Å². The van der Waals surface area contributed by atoms with Crippen LogP contribution in [0.3, 0.4) is 0 Å². The Morgan fingerprint density at radius 1 is 1.24 bits per heavy atom. The van der Waals surface area contributed by atoms with Crippen LogP contribution in [-0.4, -0.2) is 41.8 Å². The highest BCUT2D eigenvalue weighted by atomic mass is 16.5. The topological polar surface area (TPSA) is 94.0 Å². The highest BCUT2D eigenvalue weighted by Gasteiger charge is 2.28. The number of H-pyrrole nitrogens is 1. The number of carbonyl (C=O) groups is 1. The first kappa shape index (κ1) is 22.6. The first-order valence-electron chi connectivity index (χ1n) is 12.3. The van der Waals surface area contributed by atoms with Gasteiger partial charge < -0.3 is 15.0 Å². The minimum absolute atomic E-state index is 0.0349. The number of nitrogens with one attached hydrogen (secondary N) is 2. The van der Waals surface area contributed by atoms with Crippen LogP contribution in [0.5, 0.6) is 0 Å². The van der Waals surface area contributed by atoms with Crippen LogP contribution >= 0.6 is 0 Å². The molecule has 2 saturated heterocycles. The smallest absolute Gasteiger partial charge is 0.227 e. The Hall–Kier alpha value is -3.21. The van der Waals surface area contributed by atoms with E-state index in [4.69, 9.17) is 4.74 Å². The van der Waals surface area contributed by atoms with E-state index in [2.05, 4.69) is 39.8 Å². The van der Waals surface area contributed by atoms with E-state index >= 15 is 0 Å². The van der Waals surface area contributed by atoms with Crippen molar-refractivity contribution in [3.05, 3.63) is 48.0 Å². The molecule has 1 amide bonds. The van der Waals surface area contributed by atoms with Crippen molar-refractivity contribution in [2.24, 2.45) is 5.92 Å². The average Bonchev–Trinajstić information content (AvgIpc) is 3.34. The molecule has 3 unspecified atom stereocenters. The maximum Gasteiger partial charge on any atom is 0.227 e. The standard InChI is InChI=1S/C27H31N5O2/c1-2-25(33)32(21-8-5-13-29-16-21)20-7-3-6-19(14-20)27-26-22(9-4-10-23(26)30-31-27)24-12-11-18(15-28)17-34-24/h3-4,6-7,9-10,14,18,21,24,29H,2,5,8,11-13,16-17H2,1H3,(H,30,31). The zero-order chi connectivity index (χ0) is 23.5. The second-order valence-corrected chi connectivity index (χ2v) is 9.24. The first-order valence-corrected chi connectivity index (χ1v) is 12.3. The summed E-state index contributed by atoms with van der Waals surface area (Å²) in [5.74, 6) is 0.105. The fourth-order valence-corrected chi connectivity index (χ4v) is 5.26. The van der Waals surface area contributed by atoms with Crippen molar-refractivity contribution >= 4 is 22.5 Å². The number of fused-ring (bicyclic) bond motifs is 1. The van der Waals surface area contributed by atoms with Gasteiger partial charge in [-0.1, -0.05) is 31.2 Å². The zero-order valence-electron chi connectivity index (χ0n) is 19.6. The number of benzene rings is 2. The summed E-state index contributed by atoms with van der Waals surface area (Å²) >= 11 is 0. The molecule has 3 heterocycles. The van der Waals surface area contributed by atoms with E-state index in [0.29, 0.717) is 13.0 Å². The van der Waals surface area contributed by atoms with Gasteiger partial charge in [0.25, 0.3) is 0 Å². The van der Waals surface area contributed by atoms with E-state index < -0.39 is 0 Å². The number of rotatable bonds is 5. The first-order chi connectivity index (χ1) is 16.7. The number of nitrogens with zero attached hydrogens (tertiary/aromatic N) is 3. The second kappa shape index (κ2) is 9.96. The second-order valence-electron chi connectivity index (χ2n) is 9.24. The van der Waals surface area contributed by atoms with Gasteiger partial charge in [-0.15, -0.1) is 0 Å². The fourth-order valence-electron chi connectivity index (χ4n) is 5.26. The third-order valence-corrected chi connectivity index (χ3v) is 7.03. The lowest BCUT2D eigenvalue weighted by molar-refractivity contribution is -0.118. The largest absolute Gasteiger partial charge is 0.372 e. The Labute approximate surface area is 200 Å². The van der Waals surface area contributed by atoms with Crippen molar-refractivity contribution in [3.63, 3.8) is 0 Å². The van der Waals surface area contributed by atoms with E-state index in [1.807, 2.05) is 36.1 Å². The summed E-state index contributed by atoms with van der Waals surface area (Å²) in [4.78, 5) is 14.9. The van der Waals surface area contributed by atoms with Gasteiger partial charge in [-0.05, 0) is 56.0 Å². The zero-order valence-corrected chi connectivity index (χ0v) is 19.6. The number of hydrogen-bond acceptors (Lipinski definition) is 5. The van der Waals surface area contributed by atoms with Gasteiger partial charge in [-0.25, -0.2) is 0 Å². The third kappa shape index (κ3) is 4.31. The van der Waals surface area contributed by atoms with E-state index in [-0.39, 0.29) is 24.0 Å². The molecule has 3 atom stereocenters. The van der Waals surface area contributed by atoms with Crippen molar-refractivity contribution in [1.29, 1.82) is 5.26 Å². The molecule has 2 aromatic carbocycles. The van der Waals surface area contributed by atoms with Crippen molar-refractivity contribution in [2.75, 3.05) is 24.6 Å². The maximum atomic E-state index is 13.0. The molecule has 0 spiro atoms. The predicted molar refractivity (Wildman–Crippen MR) is 132 cm³/mol. The third-order valence-electron chi connectivity index (χ3n) is 7.03. The van der Waals surface area contributed by atoms with Crippen LogP contribution in [0.1, 0.15) is 50.7 Å². The lowest BCUT2D eigenvalue weighted by Gasteiger charge is -2.35. The number of hydrogen-bond donors (Lipinski definition) is 2. The molecule has 5 rings (SSSR count). The molecule has 2 aliphatic heterocycles. The van der Waals surface area contributed by atoms with Crippen LogP contribution in [0.4, 0.5) is 5.69 Å². The minimum Gasteiger partial charge on any atom is -0.372 e. The molecule has 34 heavy (non-hydrogen) atoms. The maximum absolute atomic E-state index is 13.0. The van der Waals surface area contributed by atoms with E-state index in [9.17, 15) is 10.1 Å². The molecule has 7 nitrogen and oxygen atoms in total.